The van der Waals surface area contributed by atoms with Gasteiger partial charge in [0.25, 0.3) is 0 Å². The van der Waals surface area contributed by atoms with Gasteiger partial charge in [-0.05, 0) is 31.3 Å². The summed E-state index contributed by atoms with van der Waals surface area (Å²) in [5.74, 6) is 0.597. The summed E-state index contributed by atoms with van der Waals surface area (Å²) < 4.78 is 0.996. The average Bonchev–Trinajstić information content (AvgIpc) is 2.42. The number of piperazine rings is 1. The minimum Gasteiger partial charge on any atom is -0.369 e. The van der Waals surface area contributed by atoms with Crippen LogP contribution in [0.1, 0.15) is 0 Å². The molecular weight excluding hydrogens is 356 g/mol. The van der Waals surface area contributed by atoms with Gasteiger partial charge in [-0.25, -0.2) is 4.99 Å². The third-order valence-electron chi connectivity index (χ3n) is 3.13. The highest BCUT2D eigenvalue weighted by atomic mass is 79.9. The summed E-state index contributed by atoms with van der Waals surface area (Å²) in [6.45, 7) is 3.66. The second-order valence-corrected chi connectivity index (χ2v) is 5.62. The topological polar surface area (TPSA) is 83.2 Å². The molecular formula is C13H20BrClN6. The zero-order chi connectivity index (χ0) is 14.5. The van der Waals surface area contributed by atoms with E-state index in [9.17, 15) is 0 Å². The predicted octanol–water partition coefficient (Wildman–Crippen LogP) is 1.38. The predicted molar refractivity (Wildman–Crippen MR) is 93.4 cm³/mol. The number of aliphatic imine (C=N–C) groups is 2. The molecule has 1 fully saturated rings. The number of nitrogens with zero attached hydrogens (tertiary/aromatic N) is 4. The standard InChI is InChI=1S/C13H19BrN6.ClH/c1-19-6-8-20(9-7-19)13(16)18-12(15)17-11-4-2-10(14)3-5-11;/h2-5H,6-9H2,1H3,(H4,15,16,17,18);1H. The van der Waals surface area contributed by atoms with Gasteiger partial charge in [0, 0.05) is 30.7 Å². The van der Waals surface area contributed by atoms with Crippen LogP contribution in [0.2, 0.25) is 0 Å². The van der Waals surface area contributed by atoms with E-state index >= 15 is 0 Å². The molecule has 0 aliphatic carbocycles. The van der Waals surface area contributed by atoms with E-state index in [2.05, 4.69) is 37.9 Å². The van der Waals surface area contributed by atoms with Crippen LogP contribution in [0, 0.1) is 0 Å². The Morgan fingerprint density at radius 3 is 2.24 bits per heavy atom. The van der Waals surface area contributed by atoms with Crippen molar-refractivity contribution in [2.45, 2.75) is 0 Å². The second-order valence-electron chi connectivity index (χ2n) is 4.71. The summed E-state index contributed by atoms with van der Waals surface area (Å²) in [5.41, 5.74) is 12.5. The Kier molecular flexibility index (Phi) is 6.94. The van der Waals surface area contributed by atoms with Crippen molar-refractivity contribution in [3.8, 4) is 0 Å². The lowest BCUT2D eigenvalue weighted by Crippen LogP contribution is -2.50. The van der Waals surface area contributed by atoms with E-state index in [1.54, 1.807) is 0 Å². The molecule has 1 aliphatic rings. The van der Waals surface area contributed by atoms with Gasteiger partial charge in [0.15, 0.2) is 5.96 Å². The summed E-state index contributed by atoms with van der Waals surface area (Å²) >= 11 is 3.37. The Balaban J connectivity index is 0.00000220. The Labute approximate surface area is 139 Å². The van der Waals surface area contributed by atoms with E-state index in [1.807, 2.05) is 29.2 Å². The van der Waals surface area contributed by atoms with Crippen molar-refractivity contribution < 1.29 is 0 Å². The molecule has 1 saturated heterocycles. The first-order valence-electron chi connectivity index (χ1n) is 6.42. The smallest absolute Gasteiger partial charge is 0.223 e. The molecule has 0 radical (unpaired) electrons. The van der Waals surface area contributed by atoms with Gasteiger partial charge in [-0.15, -0.1) is 12.4 Å². The Morgan fingerprint density at radius 1 is 1.10 bits per heavy atom. The Morgan fingerprint density at radius 2 is 1.67 bits per heavy atom. The summed E-state index contributed by atoms with van der Waals surface area (Å²) in [4.78, 5) is 12.7. The maximum absolute atomic E-state index is 5.96. The summed E-state index contributed by atoms with van der Waals surface area (Å²) in [6.07, 6.45) is 0. The van der Waals surface area contributed by atoms with Gasteiger partial charge < -0.3 is 21.3 Å². The van der Waals surface area contributed by atoms with Crippen LogP contribution in [0.15, 0.2) is 38.7 Å². The molecule has 1 aromatic rings. The normalized spacial score (nSPS) is 17.5. The number of guanidine groups is 2. The van der Waals surface area contributed by atoms with Crippen LogP contribution < -0.4 is 11.5 Å². The van der Waals surface area contributed by atoms with Crippen molar-refractivity contribution in [2.75, 3.05) is 33.2 Å². The quantitative estimate of drug-likeness (QED) is 0.574. The lowest BCUT2D eigenvalue weighted by atomic mass is 10.3. The highest BCUT2D eigenvalue weighted by Crippen LogP contribution is 2.16. The Bertz CT molecular complexity index is 508. The highest BCUT2D eigenvalue weighted by Gasteiger charge is 2.15. The van der Waals surface area contributed by atoms with E-state index in [1.165, 1.54) is 0 Å². The molecule has 8 heteroatoms. The maximum atomic E-state index is 5.96. The van der Waals surface area contributed by atoms with Crippen molar-refractivity contribution in [1.29, 1.82) is 0 Å². The van der Waals surface area contributed by atoms with Crippen LogP contribution in [0.5, 0.6) is 0 Å². The summed E-state index contributed by atoms with van der Waals surface area (Å²) in [7, 11) is 2.09. The van der Waals surface area contributed by atoms with Crippen LogP contribution in [-0.4, -0.2) is 54.9 Å². The van der Waals surface area contributed by atoms with Crippen LogP contribution in [0.4, 0.5) is 5.69 Å². The fourth-order valence-electron chi connectivity index (χ4n) is 1.90. The van der Waals surface area contributed by atoms with Gasteiger partial charge in [-0.2, -0.15) is 4.99 Å². The first-order chi connectivity index (χ1) is 9.54. The first-order valence-corrected chi connectivity index (χ1v) is 7.21. The molecule has 0 atom stereocenters. The number of halogens is 2. The van der Waals surface area contributed by atoms with Crippen LogP contribution in [0.25, 0.3) is 0 Å². The molecule has 1 heterocycles. The number of benzene rings is 1. The van der Waals surface area contributed by atoms with Crippen molar-refractivity contribution >= 4 is 45.9 Å². The van der Waals surface area contributed by atoms with E-state index in [4.69, 9.17) is 11.5 Å². The molecule has 116 valence electrons. The molecule has 2 rings (SSSR count). The molecule has 1 aromatic carbocycles. The van der Waals surface area contributed by atoms with Gasteiger partial charge in [-0.3, -0.25) is 0 Å². The summed E-state index contributed by atoms with van der Waals surface area (Å²) in [5, 5.41) is 0. The van der Waals surface area contributed by atoms with E-state index < -0.39 is 0 Å². The molecule has 0 saturated carbocycles. The van der Waals surface area contributed by atoms with Crippen LogP contribution in [-0.2, 0) is 0 Å². The van der Waals surface area contributed by atoms with Crippen LogP contribution >= 0.6 is 28.3 Å². The molecule has 6 nitrogen and oxygen atoms in total. The molecule has 0 bridgehead atoms. The molecule has 0 amide bonds. The lowest BCUT2D eigenvalue weighted by Gasteiger charge is -2.32. The number of hydrogen-bond acceptors (Lipinski definition) is 2. The van der Waals surface area contributed by atoms with E-state index in [-0.39, 0.29) is 18.4 Å². The number of nitrogens with two attached hydrogens (primary N) is 2. The highest BCUT2D eigenvalue weighted by molar-refractivity contribution is 9.10. The average molecular weight is 376 g/mol. The van der Waals surface area contributed by atoms with Gasteiger partial charge in [0.1, 0.15) is 0 Å². The number of likely N-dealkylation sites (N-methyl/N-ethyl adjacent to an activating group) is 1. The second kappa shape index (κ2) is 8.21. The van der Waals surface area contributed by atoms with Gasteiger partial charge in [0.05, 0.1) is 5.69 Å². The summed E-state index contributed by atoms with van der Waals surface area (Å²) in [6, 6.07) is 7.52. The van der Waals surface area contributed by atoms with E-state index in [0.29, 0.717) is 5.96 Å². The van der Waals surface area contributed by atoms with Crippen molar-refractivity contribution in [2.24, 2.45) is 21.5 Å². The van der Waals surface area contributed by atoms with Crippen LogP contribution in [0.3, 0.4) is 0 Å². The van der Waals surface area contributed by atoms with Gasteiger partial charge in [0.2, 0.25) is 5.96 Å². The first kappa shape index (κ1) is 17.7. The van der Waals surface area contributed by atoms with Gasteiger partial charge in [-0.1, -0.05) is 15.9 Å². The van der Waals surface area contributed by atoms with Crippen molar-refractivity contribution in [3.63, 3.8) is 0 Å². The SMILES string of the molecule is CN1CCN(C(N)=NC(N)=Nc2ccc(Br)cc2)CC1.Cl. The third kappa shape index (κ3) is 5.53. The number of rotatable bonds is 1. The lowest BCUT2D eigenvalue weighted by molar-refractivity contribution is 0.214. The van der Waals surface area contributed by atoms with Crippen molar-refractivity contribution in [3.05, 3.63) is 28.7 Å². The maximum Gasteiger partial charge on any atom is 0.223 e. The number of hydrogen-bond donors (Lipinski definition) is 2. The fourth-order valence-corrected chi connectivity index (χ4v) is 2.16. The monoisotopic (exact) mass is 374 g/mol. The largest absolute Gasteiger partial charge is 0.369 e. The minimum absolute atomic E-state index is 0. The molecule has 0 aromatic heterocycles. The molecule has 0 spiro atoms. The zero-order valence-corrected chi connectivity index (χ0v) is 14.3. The fraction of sp³-hybridized carbons (Fsp3) is 0.385. The third-order valence-corrected chi connectivity index (χ3v) is 3.66. The molecule has 4 N–H and O–H groups in total. The zero-order valence-electron chi connectivity index (χ0n) is 11.9. The van der Waals surface area contributed by atoms with E-state index in [0.717, 1.165) is 36.3 Å². The molecule has 21 heavy (non-hydrogen) atoms. The minimum atomic E-state index is 0. The molecule has 0 unspecified atom stereocenters. The Hall–Kier alpha value is -1.31. The molecule has 1 aliphatic heterocycles. The van der Waals surface area contributed by atoms with Crippen molar-refractivity contribution in [1.82, 2.24) is 9.80 Å². The van der Waals surface area contributed by atoms with Gasteiger partial charge >= 0.3 is 0 Å².